The molecule has 3 nitrogen and oxygen atoms in total. The summed E-state index contributed by atoms with van der Waals surface area (Å²) >= 11 is 3.62. The molecule has 2 aliphatic rings. The van der Waals surface area contributed by atoms with Gasteiger partial charge in [-0.25, -0.2) is 0 Å². The van der Waals surface area contributed by atoms with Crippen LogP contribution in [0.1, 0.15) is 41.7 Å². The van der Waals surface area contributed by atoms with E-state index in [2.05, 4.69) is 58.5 Å². The second-order valence-electron chi connectivity index (χ2n) is 6.70. The van der Waals surface area contributed by atoms with Crippen molar-refractivity contribution in [2.75, 3.05) is 19.0 Å². The number of hydrogen-bond donors (Lipinski definition) is 1. The second kappa shape index (κ2) is 6.41. The van der Waals surface area contributed by atoms with Crippen molar-refractivity contribution in [2.45, 2.75) is 31.9 Å². The molecule has 1 fully saturated rings. The van der Waals surface area contributed by atoms with Gasteiger partial charge >= 0.3 is 0 Å². The van der Waals surface area contributed by atoms with Crippen molar-refractivity contribution in [3.63, 3.8) is 0 Å². The van der Waals surface area contributed by atoms with Crippen LogP contribution in [0, 0.1) is 12.8 Å². The third-order valence-electron chi connectivity index (χ3n) is 5.16. The van der Waals surface area contributed by atoms with E-state index in [9.17, 15) is 0 Å². The van der Waals surface area contributed by atoms with Gasteiger partial charge in [0.2, 0.25) is 0 Å². The van der Waals surface area contributed by atoms with Crippen molar-refractivity contribution in [1.82, 2.24) is 0 Å². The molecule has 0 aliphatic carbocycles. The minimum atomic E-state index is 0.181. The van der Waals surface area contributed by atoms with E-state index in [4.69, 9.17) is 9.47 Å². The van der Waals surface area contributed by atoms with Gasteiger partial charge in [-0.1, -0.05) is 23.8 Å². The average Bonchev–Trinajstić information content (AvgIpc) is 2.61. The quantitative estimate of drug-likeness (QED) is 0.747. The molecule has 3 unspecified atom stereocenters. The third-order valence-corrected chi connectivity index (χ3v) is 5.78. The van der Waals surface area contributed by atoms with Crippen LogP contribution in [0.2, 0.25) is 0 Å². The lowest BCUT2D eigenvalue weighted by atomic mass is 9.77. The molecule has 1 saturated heterocycles. The summed E-state index contributed by atoms with van der Waals surface area (Å²) in [5, 5.41) is 3.76. The number of benzene rings is 2. The number of halogens is 1. The Kier molecular flexibility index (Phi) is 4.27. The molecule has 0 spiro atoms. The van der Waals surface area contributed by atoms with E-state index in [1.165, 1.54) is 28.8 Å². The Morgan fingerprint density at radius 1 is 1.21 bits per heavy atom. The van der Waals surface area contributed by atoms with E-state index in [1.807, 2.05) is 6.07 Å². The maximum Gasteiger partial charge on any atom is 0.133 e. The van der Waals surface area contributed by atoms with E-state index < -0.39 is 0 Å². The summed E-state index contributed by atoms with van der Waals surface area (Å²) in [7, 11) is 1.70. The fourth-order valence-corrected chi connectivity index (χ4v) is 4.55. The normalized spacial score (nSPS) is 25.4. The Balaban J connectivity index is 1.76. The molecular weight excluding hydrogens is 366 g/mol. The molecule has 2 aromatic carbocycles. The number of hydrogen-bond acceptors (Lipinski definition) is 3. The Bertz CT molecular complexity index is 761. The van der Waals surface area contributed by atoms with Crippen LogP contribution in [0.15, 0.2) is 40.9 Å². The number of rotatable bonds is 2. The average molecular weight is 388 g/mol. The maximum absolute atomic E-state index is 6.21. The molecule has 0 bridgehead atoms. The molecule has 24 heavy (non-hydrogen) atoms. The minimum Gasteiger partial charge on any atom is -0.496 e. The molecule has 4 heteroatoms. The predicted molar refractivity (Wildman–Crippen MR) is 99.7 cm³/mol. The highest BCUT2D eigenvalue weighted by Gasteiger charge is 2.39. The van der Waals surface area contributed by atoms with Gasteiger partial charge in [-0.15, -0.1) is 0 Å². The summed E-state index contributed by atoms with van der Waals surface area (Å²) in [5.41, 5.74) is 5.06. The Hall–Kier alpha value is -1.52. The van der Waals surface area contributed by atoms with Crippen molar-refractivity contribution >= 4 is 21.6 Å². The fraction of sp³-hybridized carbons (Fsp3) is 0.400. The van der Waals surface area contributed by atoms with Crippen molar-refractivity contribution in [3.8, 4) is 5.75 Å². The Labute approximate surface area is 151 Å². The largest absolute Gasteiger partial charge is 0.496 e. The fourth-order valence-electron chi connectivity index (χ4n) is 4.00. The molecule has 0 amide bonds. The van der Waals surface area contributed by atoms with Gasteiger partial charge in [0, 0.05) is 23.8 Å². The molecule has 126 valence electrons. The molecule has 2 heterocycles. The van der Waals surface area contributed by atoms with Gasteiger partial charge in [0.15, 0.2) is 0 Å². The van der Waals surface area contributed by atoms with E-state index in [0.29, 0.717) is 5.92 Å². The van der Waals surface area contributed by atoms with E-state index in [1.54, 1.807) is 7.11 Å². The Morgan fingerprint density at radius 3 is 2.88 bits per heavy atom. The van der Waals surface area contributed by atoms with Gasteiger partial charge in [-0.2, -0.15) is 0 Å². The molecular formula is C20H22BrNO2. The highest BCUT2D eigenvalue weighted by molar-refractivity contribution is 9.10. The predicted octanol–water partition coefficient (Wildman–Crippen LogP) is 5.40. The molecule has 4 rings (SSSR count). The SMILES string of the molecule is COc1ccc(C2Nc3ccc(C)cc3C3OCCCC23)cc1Br. The summed E-state index contributed by atoms with van der Waals surface area (Å²) in [6.45, 7) is 3.00. The lowest BCUT2D eigenvalue weighted by molar-refractivity contribution is -0.0381. The van der Waals surface area contributed by atoms with Crippen LogP contribution in [0.3, 0.4) is 0 Å². The first-order valence-corrected chi connectivity index (χ1v) is 9.29. The van der Waals surface area contributed by atoms with Crippen LogP contribution in [0.4, 0.5) is 5.69 Å². The van der Waals surface area contributed by atoms with E-state index in [0.717, 1.165) is 23.2 Å². The topological polar surface area (TPSA) is 30.5 Å². The van der Waals surface area contributed by atoms with Crippen LogP contribution < -0.4 is 10.1 Å². The van der Waals surface area contributed by atoms with Crippen LogP contribution in [0.5, 0.6) is 5.75 Å². The third kappa shape index (κ3) is 2.72. The maximum atomic E-state index is 6.21. The zero-order chi connectivity index (χ0) is 16.7. The van der Waals surface area contributed by atoms with Crippen molar-refractivity contribution in [1.29, 1.82) is 0 Å². The standard InChI is InChI=1S/C20H22BrNO2/c1-12-5-7-17-15(10-12)20-14(4-3-9-24-20)19(22-17)13-6-8-18(23-2)16(21)11-13/h5-8,10-11,14,19-20,22H,3-4,9H2,1-2H3. The summed E-state index contributed by atoms with van der Waals surface area (Å²) < 4.78 is 12.6. The van der Waals surface area contributed by atoms with Gasteiger partial charge in [-0.05, 0) is 59.5 Å². The van der Waals surface area contributed by atoms with Gasteiger partial charge in [0.1, 0.15) is 5.75 Å². The molecule has 3 atom stereocenters. The zero-order valence-electron chi connectivity index (χ0n) is 14.0. The Morgan fingerprint density at radius 2 is 2.08 bits per heavy atom. The monoisotopic (exact) mass is 387 g/mol. The summed E-state index contributed by atoms with van der Waals surface area (Å²) in [6.07, 6.45) is 2.48. The molecule has 2 aliphatic heterocycles. The van der Waals surface area contributed by atoms with Crippen LogP contribution in [-0.2, 0) is 4.74 Å². The van der Waals surface area contributed by atoms with Gasteiger partial charge in [0.05, 0.1) is 23.7 Å². The smallest absolute Gasteiger partial charge is 0.133 e. The number of nitrogens with one attached hydrogen (secondary N) is 1. The summed E-state index contributed by atoms with van der Waals surface area (Å²) in [6, 6.07) is 13.2. The van der Waals surface area contributed by atoms with Crippen molar-refractivity contribution in [3.05, 3.63) is 57.6 Å². The zero-order valence-corrected chi connectivity index (χ0v) is 15.6. The first-order valence-electron chi connectivity index (χ1n) is 8.49. The van der Waals surface area contributed by atoms with Crippen molar-refractivity contribution in [2.24, 2.45) is 5.92 Å². The number of anilines is 1. The number of fused-ring (bicyclic) bond motifs is 3. The molecule has 0 radical (unpaired) electrons. The van der Waals surface area contributed by atoms with Crippen LogP contribution >= 0.6 is 15.9 Å². The van der Waals surface area contributed by atoms with Gasteiger partial charge < -0.3 is 14.8 Å². The molecule has 0 aromatic heterocycles. The van der Waals surface area contributed by atoms with E-state index >= 15 is 0 Å². The highest BCUT2D eigenvalue weighted by Crippen LogP contribution is 2.49. The van der Waals surface area contributed by atoms with Gasteiger partial charge in [-0.3, -0.25) is 0 Å². The van der Waals surface area contributed by atoms with Crippen LogP contribution in [0.25, 0.3) is 0 Å². The number of aryl methyl sites for hydroxylation is 1. The highest BCUT2D eigenvalue weighted by atomic mass is 79.9. The first-order chi connectivity index (χ1) is 11.7. The minimum absolute atomic E-state index is 0.181. The molecule has 2 aromatic rings. The number of ether oxygens (including phenoxy) is 2. The molecule has 0 saturated carbocycles. The lowest BCUT2D eigenvalue weighted by Crippen LogP contribution is -2.36. The van der Waals surface area contributed by atoms with E-state index in [-0.39, 0.29) is 12.1 Å². The lowest BCUT2D eigenvalue weighted by Gasteiger charge is -2.43. The summed E-state index contributed by atoms with van der Waals surface area (Å²) in [4.78, 5) is 0. The number of methoxy groups -OCH3 is 1. The first kappa shape index (κ1) is 16.0. The van der Waals surface area contributed by atoms with Gasteiger partial charge in [0.25, 0.3) is 0 Å². The molecule has 1 N–H and O–H groups in total. The summed E-state index contributed by atoms with van der Waals surface area (Å²) in [5.74, 6) is 1.32. The van der Waals surface area contributed by atoms with Crippen molar-refractivity contribution < 1.29 is 9.47 Å². The second-order valence-corrected chi connectivity index (χ2v) is 7.56. The van der Waals surface area contributed by atoms with Crippen LogP contribution in [-0.4, -0.2) is 13.7 Å².